The van der Waals surface area contributed by atoms with Gasteiger partial charge in [-0.1, -0.05) is 140 Å². The van der Waals surface area contributed by atoms with Crippen molar-refractivity contribution >= 4 is 55.3 Å². The fraction of sp³-hybridized carbons (Fsp3) is 0.167. The van der Waals surface area contributed by atoms with Gasteiger partial charge in [0.05, 0.1) is 22.1 Å². The van der Waals surface area contributed by atoms with Crippen LogP contribution in [0.3, 0.4) is 0 Å². The van der Waals surface area contributed by atoms with Gasteiger partial charge in [0.15, 0.2) is 11.7 Å². The highest BCUT2D eigenvalue weighted by molar-refractivity contribution is 6.17. The molecule has 4 fully saturated rings. The minimum Gasteiger partial charge on any atom is -0.309 e. The second-order valence-electron chi connectivity index (χ2n) is 19.3. The molecule has 8 aromatic carbocycles. The zero-order chi connectivity index (χ0) is 42.8. The summed E-state index contributed by atoms with van der Waals surface area (Å²) in [5.41, 5.74) is 19.8. The van der Waals surface area contributed by atoms with Gasteiger partial charge in [0.2, 0.25) is 0 Å². The molecule has 0 amide bonds. The topological polar surface area (TPSA) is 58.1 Å². The molecule has 2 N–H and O–H groups in total. The lowest BCUT2D eigenvalue weighted by atomic mass is 9.43. The third kappa shape index (κ3) is 5.39. The number of aliphatic imine (C=N–C) groups is 1. The maximum Gasteiger partial charge on any atom is 0.154 e. The number of nitrogens with one attached hydrogen (secondary N) is 2. The van der Waals surface area contributed by atoms with Gasteiger partial charge in [-0.15, -0.1) is 0 Å². The van der Waals surface area contributed by atoms with Gasteiger partial charge in [0.1, 0.15) is 0 Å². The molecular formula is C60H47N5. The largest absolute Gasteiger partial charge is 0.309 e. The van der Waals surface area contributed by atoms with Gasteiger partial charge in [0, 0.05) is 43.8 Å². The van der Waals surface area contributed by atoms with Gasteiger partial charge in [-0.05, 0) is 138 Å². The molecule has 5 heteroatoms. The van der Waals surface area contributed by atoms with Crippen LogP contribution in [0.25, 0.3) is 71.6 Å². The molecule has 5 aliphatic carbocycles. The maximum absolute atomic E-state index is 8.93. The average Bonchev–Trinajstić information content (AvgIpc) is 3.96. The van der Waals surface area contributed by atoms with E-state index < -0.39 is 0 Å². The highest BCUT2D eigenvalue weighted by Crippen LogP contribution is 2.69. The Kier molecular flexibility index (Phi) is 7.95. The summed E-state index contributed by atoms with van der Waals surface area (Å²) in [7, 11) is 0. The van der Waals surface area contributed by atoms with E-state index in [1.165, 1.54) is 81.9 Å². The van der Waals surface area contributed by atoms with Gasteiger partial charge in [-0.2, -0.15) is 0 Å². The number of para-hydroxylation sites is 2. The molecule has 2 aromatic heterocycles. The predicted molar refractivity (Wildman–Crippen MR) is 268 cm³/mol. The van der Waals surface area contributed by atoms with E-state index in [-0.39, 0.29) is 11.3 Å². The SMILES string of the molecule is N=C(N=C(Nn1c2ccccc2c2cc(-c3ccc4c(c3)c3ccccc3n4-c3ccc4c(c3)C3(c5ccccc5-4)C4CC5CC(C4)CC3C5)ccc21)c1ccccc1)c1ccccc1. The van der Waals surface area contributed by atoms with Gasteiger partial charge in [-0.3, -0.25) is 15.5 Å². The molecular weight excluding hydrogens is 791 g/mol. The lowest BCUT2D eigenvalue weighted by molar-refractivity contribution is -0.0399. The molecule has 0 aliphatic heterocycles. The standard InChI is InChI=1S/C60H47N5/c61-58(39-13-3-1-4-14-39)62-59(40-15-5-2-6-16-40)63-65-56-22-12-9-19-49(56)51-35-42(24-28-57(51)65)41-23-27-55-50(34-41)48-18-8-11-21-54(48)64(55)45-25-26-47-46-17-7-10-20-52(46)60(53(47)36-45)43-30-37-29-38(32-43)33-44(60)31-37/h1-28,34-38,43-44H,29-33H2,(H2,61,62,63). The summed E-state index contributed by atoms with van der Waals surface area (Å²) < 4.78 is 4.66. The number of fused-ring (bicyclic) bond motifs is 9. The maximum atomic E-state index is 8.93. The lowest BCUT2D eigenvalue weighted by Gasteiger charge is -2.61. The normalized spacial score (nSPS) is 21.8. The fourth-order valence-electron chi connectivity index (χ4n) is 13.6. The van der Waals surface area contributed by atoms with Crippen molar-refractivity contribution in [3.8, 4) is 27.9 Å². The van der Waals surface area contributed by atoms with Crippen LogP contribution in [0.2, 0.25) is 0 Å². The number of benzene rings is 8. The molecule has 5 aliphatic rings. The van der Waals surface area contributed by atoms with E-state index in [0.29, 0.717) is 5.84 Å². The van der Waals surface area contributed by atoms with E-state index in [2.05, 4.69) is 142 Å². The van der Waals surface area contributed by atoms with E-state index >= 15 is 0 Å². The van der Waals surface area contributed by atoms with Gasteiger partial charge in [-0.25, -0.2) is 4.99 Å². The molecule has 65 heavy (non-hydrogen) atoms. The second kappa shape index (κ2) is 14.0. The summed E-state index contributed by atoms with van der Waals surface area (Å²) in [5, 5.41) is 13.8. The van der Waals surface area contributed by atoms with E-state index in [1.807, 2.05) is 60.7 Å². The first kappa shape index (κ1) is 36.9. The first-order chi connectivity index (χ1) is 32.1. The van der Waals surface area contributed by atoms with Crippen LogP contribution in [0, 0.1) is 29.1 Å². The van der Waals surface area contributed by atoms with Crippen LogP contribution in [-0.4, -0.2) is 20.9 Å². The Hall–Kier alpha value is -7.50. The monoisotopic (exact) mass is 837 g/mol. The summed E-state index contributed by atoms with van der Waals surface area (Å²) in [6, 6.07) is 68.1. The van der Waals surface area contributed by atoms with Crippen LogP contribution < -0.4 is 5.43 Å². The van der Waals surface area contributed by atoms with Crippen molar-refractivity contribution in [3.63, 3.8) is 0 Å². The Labute approximate surface area is 378 Å². The fourth-order valence-corrected chi connectivity index (χ4v) is 13.6. The first-order valence-corrected chi connectivity index (χ1v) is 23.5. The molecule has 15 rings (SSSR count). The van der Waals surface area contributed by atoms with E-state index in [9.17, 15) is 0 Å². The predicted octanol–water partition coefficient (Wildman–Crippen LogP) is 14.3. The Morgan fingerprint density at radius 3 is 1.74 bits per heavy atom. The zero-order valence-corrected chi connectivity index (χ0v) is 36.1. The Balaban J connectivity index is 0.883. The highest BCUT2D eigenvalue weighted by Gasteiger charge is 2.61. The molecule has 312 valence electrons. The Morgan fingerprint density at radius 2 is 1.02 bits per heavy atom. The lowest BCUT2D eigenvalue weighted by Crippen LogP contribution is -2.55. The van der Waals surface area contributed by atoms with Crippen LogP contribution in [0.1, 0.15) is 54.4 Å². The van der Waals surface area contributed by atoms with Crippen molar-refractivity contribution in [2.75, 3.05) is 5.43 Å². The number of hydrogen-bond donors (Lipinski definition) is 2. The first-order valence-electron chi connectivity index (χ1n) is 23.5. The van der Waals surface area contributed by atoms with E-state index in [4.69, 9.17) is 10.4 Å². The summed E-state index contributed by atoms with van der Waals surface area (Å²) >= 11 is 0. The molecule has 0 radical (unpaired) electrons. The number of aromatic nitrogens is 2. The van der Waals surface area contributed by atoms with Crippen molar-refractivity contribution in [1.29, 1.82) is 5.41 Å². The van der Waals surface area contributed by atoms with Crippen molar-refractivity contribution in [2.45, 2.75) is 37.5 Å². The quantitative estimate of drug-likeness (QED) is 0.132. The van der Waals surface area contributed by atoms with Gasteiger partial charge >= 0.3 is 0 Å². The molecule has 4 saturated carbocycles. The van der Waals surface area contributed by atoms with E-state index in [0.717, 1.165) is 56.6 Å². The van der Waals surface area contributed by atoms with Crippen LogP contribution >= 0.6 is 0 Å². The van der Waals surface area contributed by atoms with Gasteiger partial charge < -0.3 is 4.57 Å². The van der Waals surface area contributed by atoms with E-state index in [1.54, 1.807) is 11.1 Å². The second-order valence-corrected chi connectivity index (χ2v) is 19.3. The minimum atomic E-state index is 0.125. The molecule has 0 atom stereocenters. The molecule has 10 aromatic rings. The third-order valence-corrected chi connectivity index (χ3v) is 16.0. The molecule has 0 unspecified atom stereocenters. The smallest absolute Gasteiger partial charge is 0.154 e. The molecule has 4 bridgehead atoms. The van der Waals surface area contributed by atoms with Crippen LogP contribution in [0.5, 0.6) is 0 Å². The van der Waals surface area contributed by atoms with Gasteiger partial charge in [0.25, 0.3) is 0 Å². The number of amidine groups is 2. The minimum absolute atomic E-state index is 0.125. The molecule has 1 spiro atoms. The van der Waals surface area contributed by atoms with Crippen molar-refractivity contribution < 1.29 is 0 Å². The van der Waals surface area contributed by atoms with Crippen LogP contribution in [0.4, 0.5) is 0 Å². The summed E-state index contributed by atoms with van der Waals surface area (Å²) in [6.07, 6.45) is 7.00. The third-order valence-electron chi connectivity index (χ3n) is 16.0. The molecule has 0 saturated heterocycles. The summed E-state index contributed by atoms with van der Waals surface area (Å²) in [5.74, 6) is 4.09. The Bertz CT molecular complexity index is 3580. The molecule has 2 heterocycles. The van der Waals surface area contributed by atoms with Crippen molar-refractivity contribution in [3.05, 3.63) is 210 Å². The Morgan fingerprint density at radius 1 is 0.477 bits per heavy atom. The summed E-state index contributed by atoms with van der Waals surface area (Å²) in [6.45, 7) is 0. The van der Waals surface area contributed by atoms with Crippen LogP contribution in [-0.2, 0) is 5.41 Å². The number of nitrogens with zero attached hydrogens (tertiary/aromatic N) is 3. The van der Waals surface area contributed by atoms with Crippen molar-refractivity contribution in [1.82, 2.24) is 9.24 Å². The van der Waals surface area contributed by atoms with Crippen molar-refractivity contribution in [2.24, 2.45) is 28.7 Å². The number of rotatable bonds is 5. The molecule has 5 nitrogen and oxygen atoms in total. The average molecular weight is 838 g/mol. The summed E-state index contributed by atoms with van der Waals surface area (Å²) in [4.78, 5) is 4.88. The number of hydrogen-bond acceptors (Lipinski definition) is 1. The van der Waals surface area contributed by atoms with Crippen LogP contribution in [0.15, 0.2) is 193 Å². The highest BCUT2D eigenvalue weighted by atomic mass is 15.4. The zero-order valence-electron chi connectivity index (χ0n) is 36.1.